The van der Waals surface area contributed by atoms with E-state index < -0.39 is 6.10 Å². The molecule has 35 heavy (non-hydrogen) atoms. The molecule has 0 radical (unpaired) electrons. The van der Waals surface area contributed by atoms with Crippen molar-refractivity contribution in [3.05, 3.63) is 29.6 Å². The molecule has 0 amide bonds. The molecule has 192 valence electrons. The van der Waals surface area contributed by atoms with Crippen molar-refractivity contribution in [1.82, 2.24) is 9.78 Å². The van der Waals surface area contributed by atoms with Gasteiger partial charge in [-0.05, 0) is 65.9 Å². The number of aliphatic hydroxyl groups is 1. The van der Waals surface area contributed by atoms with Crippen LogP contribution in [0.15, 0.2) is 18.3 Å². The lowest BCUT2D eigenvalue weighted by Gasteiger charge is -2.55. The van der Waals surface area contributed by atoms with E-state index >= 15 is 0 Å². The summed E-state index contributed by atoms with van der Waals surface area (Å²) in [6.45, 7) is 13.5. The Bertz CT molecular complexity index is 1050. The second kappa shape index (κ2) is 9.19. The van der Waals surface area contributed by atoms with Gasteiger partial charge in [0.05, 0.1) is 31.2 Å². The molecule has 3 aliphatic carbocycles. The third-order valence-corrected chi connectivity index (χ3v) is 9.45. The van der Waals surface area contributed by atoms with Crippen LogP contribution in [0.3, 0.4) is 0 Å². The zero-order valence-corrected chi connectivity index (χ0v) is 21.5. The van der Waals surface area contributed by atoms with Gasteiger partial charge in [0.25, 0.3) is 0 Å². The summed E-state index contributed by atoms with van der Waals surface area (Å²) in [4.78, 5) is 35.8. The summed E-state index contributed by atoms with van der Waals surface area (Å²) in [6, 6.07) is 0. The predicted octanol–water partition coefficient (Wildman–Crippen LogP) is 3.36. The van der Waals surface area contributed by atoms with Crippen LogP contribution in [0.4, 0.5) is 0 Å². The van der Waals surface area contributed by atoms with E-state index in [1.54, 1.807) is 6.20 Å². The lowest BCUT2D eigenvalue weighted by atomic mass is 9.49. The average Bonchev–Trinajstić information content (AvgIpc) is 3.28. The molecule has 0 saturated heterocycles. The Kier molecular flexibility index (Phi) is 6.72. The van der Waals surface area contributed by atoms with Crippen molar-refractivity contribution in [3.63, 3.8) is 0 Å². The normalized spacial score (nSPS) is 36.3. The summed E-state index contributed by atoms with van der Waals surface area (Å²) in [5, 5.41) is 15.1. The number of carbonyl (C=O) groups excluding carboxylic acids is 3. The van der Waals surface area contributed by atoms with E-state index in [0.29, 0.717) is 19.3 Å². The zero-order valence-electron chi connectivity index (χ0n) is 21.5. The van der Waals surface area contributed by atoms with Crippen LogP contribution in [0.25, 0.3) is 0 Å². The van der Waals surface area contributed by atoms with E-state index in [9.17, 15) is 19.5 Å². The first-order valence-electron chi connectivity index (χ1n) is 12.6. The Morgan fingerprint density at radius 2 is 1.80 bits per heavy atom. The number of esters is 2. The molecular formula is C27H38N2O6. The van der Waals surface area contributed by atoms with Crippen LogP contribution in [0, 0.1) is 34.5 Å². The molecule has 0 spiro atoms. The fourth-order valence-corrected chi connectivity index (χ4v) is 7.44. The number of aromatic nitrogens is 2. The van der Waals surface area contributed by atoms with Crippen LogP contribution in [0.1, 0.15) is 69.9 Å². The second-order valence-electron chi connectivity index (χ2n) is 11.3. The summed E-state index contributed by atoms with van der Waals surface area (Å²) >= 11 is 0. The molecule has 1 aromatic rings. The molecule has 1 aromatic heterocycles. The largest absolute Gasteiger partial charge is 0.466 e. The molecule has 4 rings (SSSR count). The Labute approximate surface area is 207 Å². The monoisotopic (exact) mass is 486 g/mol. The van der Waals surface area contributed by atoms with E-state index in [-0.39, 0.29) is 65.6 Å². The number of ether oxygens (including phenoxy) is 2. The van der Waals surface area contributed by atoms with Gasteiger partial charge in [-0.2, -0.15) is 5.10 Å². The molecule has 8 nitrogen and oxygen atoms in total. The molecule has 7 atom stereocenters. The van der Waals surface area contributed by atoms with E-state index in [4.69, 9.17) is 9.47 Å². The van der Waals surface area contributed by atoms with Crippen molar-refractivity contribution in [2.24, 2.45) is 34.5 Å². The highest BCUT2D eigenvalue weighted by molar-refractivity contribution is 5.76. The summed E-state index contributed by atoms with van der Waals surface area (Å²) in [6.07, 6.45) is 4.88. The van der Waals surface area contributed by atoms with Gasteiger partial charge < -0.3 is 14.6 Å². The number of rotatable bonds is 5. The standard InChI is InChI=1S/C27H38N2O6/c1-15-25(33)10-23-21(14-35-18(4)32)22(7-8-26(15,23)5)27(6)11-19-12-28-29(16(2)30)24(19)9-20(27)13-34-17(3)31/h12,20-23,25,33H,1,7-11,13-14H2,2-6H3/t20-,21-,22+,23+,25-,26-,27+/m1/s1. The molecule has 1 N–H and O–H groups in total. The maximum atomic E-state index is 12.2. The first-order valence-corrected chi connectivity index (χ1v) is 12.6. The first-order chi connectivity index (χ1) is 16.4. The molecule has 0 aliphatic heterocycles. The van der Waals surface area contributed by atoms with Gasteiger partial charge in [0.2, 0.25) is 5.91 Å². The first kappa shape index (κ1) is 25.6. The lowest BCUT2D eigenvalue weighted by molar-refractivity contribution is -0.152. The van der Waals surface area contributed by atoms with E-state index in [1.807, 2.05) is 0 Å². The van der Waals surface area contributed by atoms with Gasteiger partial charge in [0.1, 0.15) is 0 Å². The molecule has 0 bridgehead atoms. The molecule has 0 unspecified atom stereocenters. The highest BCUT2D eigenvalue weighted by atomic mass is 16.5. The highest BCUT2D eigenvalue weighted by Crippen LogP contribution is 2.63. The fraction of sp³-hybridized carbons (Fsp3) is 0.704. The Morgan fingerprint density at radius 1 is 1.14 bits per heavy atom. The number of nitrogens with zero attached hydrogens (tertiary/aromatic N) is 2. The van der Waals surface area contributed by atoms with Crippen LogP contribution in [0.5, 0.6) is 0 Å². The van der Waals surface area contributed by atoms with Crippen LogP contribution in [-0.4, -0.2) is 52.1 Å². The van der Waals surface area contributed by atoms with Crippen molar-refractivity contribution in [2.75, 3.05) is 13.2 Å². The minimum atomic E-state index is -0.556. The number of aliphatic hydroxyl groups excluding tert-OH is 1. The Morgan fingerprint density at radius 3 is 2.43 bits per heavy atom. The number of hydrogen-bond acceptors (Lipinski definition) is 7. The molecule has 0 aromatic carbocycles. The quantitative estimate of drug-likeness (QED) is 0.502. The minimum Gasteiger partial charge on any atom is -0.466 e. The lowest BCUT2D eigenvalue weighted by Crippen LogP contribution is -2.53. The van der Waals surface area contributed by atoms with E-state index in [0.717, 1.165) is 29.7 Å². The third-order valence-electron chi connectivity index (χ3n) is 9.45. The number of carbonyl (C=O) groups is 3. The van der Waals surface area contributed by atoms with Gasteiger partial charge in [-0.15, -0.1) is 0 Å². The molecule has 2 fully saturated rings. The molecular weight excluding hydrogens is 448 g/mol. The summed E-state index contributed by atoms with van der Waals surface area (Å²) in [7, 11) is 0. The van der Waals surface area contributed by atoms with E-state index in [1.165, 1.54) is 25.5 Å². The van der Waals surface area contributed by atoms with Gasteiger partial charge in [-0.25, -0.2) is 4.68 Å². The van der Waals surface area contributed by atoms with Crippen molar-refractivity contribution in [2.45, 2.75) is 72.8 Å². The second-order valence-corrected chi connectivity index (χ2v) is 11.3. The van der Waals surface area contributed by atoms with Gasteiger partial charge in [0, 0.05) is 32.6 Å². The van der Waals surface area contributed by atoms with Crippen molar-refractivity contribution in [1.29, 1.82) is 0 Å². The third kappa shape index (κ3) is 4.34. The predicted molar refractivity (Wildman–Crippen MR) is 128 cm³/mol. The van der Waals surface area contributed by atoms with Crippen molar-refractivity contribution in [3.8, 4) is 0 Å². The SMILES string of the molecule is C=C1[C@H](O)C[C@H]2[C@H](COC(C)=O)[C@@H]([C@@]3(C)Cc4cnn(C(C)=O)c4C[C@@H]3COC(C)=O)CC[C@]12C. The fourth-order valence-electron chi connectivity index (χ4n) is 7.44. The topological polar surface area (TPSA) is 108 Å². The van der Waals surface area contributed by atoms with Crippen LogP contribution in [0.2, 0.25) is 0 Å². The maximum absolute atomic E-state index is 12.2. The number of fused-ring (bicyclic) bond motifs is 2. The summed E-state index contributed by atoms with van der Waals surface area (Å²) < 4.78 is 12.6. The molecule has 2 saturated carbocycles. The highest BCUT2D eigenvalue weighted by Gasteiger charge is 2.59. The summed E-state index contributed by atoms with van der Waals surface area (Å²) in [5.41, 5.74) is 2.31. The Balaban J connectivity index is 1.75. The smallest absolute Gasteiger partial charge is 0.302 e. The molecule has 1 heterocycles. The van der Waals surface area contributed by atoms with E-state index in [2.05, 4.69) is 25.5 Å². The van der Waals surface area contributed by atoms with Gasteiger partial charge >= 0.3 is 11.9 Å². The van der Waals surface area contributed by atoms with Crippen LogP contribution < -0.4 is 0 Å². The average molecular weight is 487 g/mol. The Hall–Kier alpha value is -2.48. The van der Waals surface area contributed by atoms with Gasteiger partial charge in [-0.1, -0.05) is 20.4 Å². The summed E-state index contributed by atoms with van der Waals surface area (Å²) in [5.74, 6) is -0.494. The minimum absolute atomic E-state index is 0.0285. The van der Waals surface area contributed by atoms with Gasteiger partial charge in [-0.3, -0.25) is 14.4 Å². The maximum Gasteiger partial charge on any atom is 0.302 e. The van der Waals surface area contributed by atoms with Crippen LogP contribution >= 0.6 is 0 Å². The van der Waals surface area contributed by atoms with Gasteiger partial charge in [0.15, 0.2) is 0 Å². The zero-order chi connectivity index (χ0) is 25.7. The number of hydrogen-bond donors (Lipinski definition) is 1. The van der Waals surface area contributed by atoms with Crippen molar-refractivity contribution >= 4 is 17.8 Å². The van der Waals surface area contributed by atoms with Crippen LogP contribution in [-0.2, 0) is 31.9 Å². The van der Waals surface area contributed by atoms with Crippen molar-refractivity contribution < 1.29 is 29.0 Å². The molecule has 3 aliphatic rings. The molecule has 8 heteroatoms.